The summed E-state index contributed by atoms with van der Waals surface area (Å²) < 4.78 is 33.9. The van der Waals surface area contributed by atoms with E-state index in [4.69, 9.17) is 18.5 Å². The molecule has 13 heteroatoms. The minimum absolute atomic E-state index is 0.0269. The lowest BCUT2D eigenvalue weighted by atomic mass is 9.90. The fraction of sp³-hybridized carbons (Fsp3) is 0.854. The van der Waals surface area contributed by atoms with Crippen LogP contribution in [0.25, 0.3) is 0 Å². The summed E-state index contributed by atoms with van der Waals surface area (Å²) in [4.78, 5) is 50.3. The molecule has 0 aromatic carbocycles. The molecule has 1 aliphatic rings. The zero-order chi connectivity index (χ0) is 45.2. The number of phosphoric ester groups is 1. The van der Waals surface area contributed by atoms with Gasteiger partial charge in [-0.2, -0.15) is 0 Å². The number of nitrogens with zero attached hydrogens (tertiary/aromatic N) is 1. The number of carbonyl (C=O) groups is 3. The first-order valence-electron chi connectivity index (χ1n) is 24.1. The van der Waals surface area contributed by atoms with Gasteiger partial charge in [-0.05, 0) is 32.1 Å². The molecule has 0 aromatic heterocycles. The molecule has 0 spiro atoms. The van der Waals surface area contributed by atoms with Crippen LogP contribution in [0.4, 0.5) is 0 Å². The largest absolute Gasteiger partial charge is 0.756 e. The van der Waals surface area contributed by atoms with Gasteiger partial charge < -0.3 is 38.1 Å². The van der Waals surface area contributed by atoms with Gasteiger partial charge in [0, 0.05) is 31.1 Å². The zero-order valence-corrected chi connectivity index (χ0v) is 40.0. The highest BCUT2D eigenvalue weighted by molar-refractivity contribution is 7.45. The second-order valence-corrected chi connectivity index (χ2v) is 19.7. The molecule has 2 N–H and O–H groups in total. The van der Waals surface area contributed by atoms with Crippen molar-refractivity contribution < 1.29 is 57.1 Å². The molecule has 0 saturated heterocycles. The molecule has 0 aliphatic heterocycles. The number of esters is 2. The van der Waals surface area contributed by atoms with Gasteiger partial charge in [-0.15, -0.1) is 0 Å². The van der Waals surface area contributed by atoms with Crippen LogP contribution < -0.4 is 4.89 Å². The van der Waals surface area contributed by atoms with Crippen molar-refractivity contribution in [2.24, 2.45) is 11.8 Å². The number of hydrogen-bond acceptors (Lipinski definition) is 11. The van der Waals surface area contributed by atoms with Crippen LogP contribution in [-0.4, -0.2) is 98.2 Å². The summed E-state index contributed by atoms with van der Waals surface area (Å²) in [7, 11) is 1.03. The van der Waals surface area contributed by atoms with E-state index in [0.717, 1.165) is 38.5 Å². The third-order valence-corrected chi connectivity index (χ3v) is 12.3. The summed E-state index contributed by atoms with van der Waals surface area (Å²) in [5.74, 6) is -1.76. The van der Waals surface area contributed by atoms with Crippen LogP contribution in [0.5, 0.6) is 0 Å². The number of Topliss-reactive ketones (excluding diaryl/α,β-unsaturated/α-hetero) is 1. The number of aliphatic hydroxyl groups excluding tert-OH is 2. The van der Waals surface area contributed by atoms with Crippen LogP contribution in [0.3, 0.4) is 0 Å². The number of ether oxygens (including phenoxy) is 2. The summed E-state index contributed by atoms with van der Waals surface area (Å²) in [5, 5.41) is 20.8. The summed E-state index contributed by atoms with van der Waals surface area (Å²) >= 11 is 0. The van der Waals surface area contributed by atoms with E-state index in [0.29, 0.717) is 43.1 Å². The van der Waals surface area contributed by atoms with Crippen molar-refractivity contribution in [3.63, 3.8) is 0 Å². The molecule has 0 aromatic rings. The maximum absolute atomic E-state index is 12.8. The Hall–Kier alpha value is -1.92. The molecule has 1 rings (SSSR count). The molecule has 0 amide bonds. The van der Waals surface area contributed by atoms with Gasteiger partial charge in [0.25, 0.3) is 7.82 Å². The molecule has 356 valence electrons. The Labute approximate surface area is 370 Å². The van der Waals surface area contributed by atoms with Crippen LogP contribution >= 0.6 is 7.82 Å². The molecule has 0 bridgehead atoms. The minimum atomic E-state index is -4.69. The lowest BCUT2D eigenvalue weighted by molar-refractivity contribution is -0.870. The molecule has 0 radical (unpaired) electrons. The fourth-order valence-electron chi connectivity index (χ4n) is 7.46. The molecule has 6 atom stereocenters. The van der Waals surface area contributed by atoms with Crippen LogP contribution in [0, 0.1) is 11.8 Å². The SMILES string of the molecule is CCCCCCCCCCCCCCCCCCCC(=O)O[C@H](COC(=O)CCC/C=C\C[C@H]1[C@@H](O)CC(=O)[C@@H]1/C=C/[C@@H](O)CCCCC)COP(=O)([O-])OCC[N+](C)(C)C. The van der Waals surface area contributed by atoms with E-state index in [9.17, 15) is 34.1 Å². The van der Waals surface area contributed by atoms with Gasteiger partial charge in [-0.25, -0.2) is 0 Å². The highest BCUT2D eigenvalue weighted by atomic mass is 31.2. The predicted molar refractivity (Wildman–Crippen MR) is 242 cm³/mol. The van der Waals surface area contributed by atoms with Gasteiger partial charge in [0.05, 0.1) is 40.0 Å². The summed E-state index contributed by atoms with van der Waals surface area (Å²) in [6, 6.07) is 0. The molecule has 12 nitrogen and oxygen atoms in total. The summed E-state index contributed by atoms with van der Waals surface area (Å²) in [6.07, 6.45) is 31.4. The van der Waals surface area contributed by atoms with E-state index in [2.05, 4.69) is 13.8 Å². The minimum Gasteiger partial charge on any atom is -0.756 e. The first-order chi connectivity index (χ1) is 29.2. The number of aliphatic hydroxyl groups is 2. The monoisotopic (exact) mass is 886 g/mol. The Morgan fingerprint density at radius 3 is 1.89 bits per heavy atom. The molecular weight excluding hydrogens is 797 g/mol. The Balaban J connectivity index is 2.45. The Bertz CT molecular complexity index is 1250. The number of likely N-dealkylation sites (N-methyl/N-ethyl adjacent to an activating group) is 1. The third kappa shape index (κ3) is 32.4. The molecule has 61 heavy (non-hydrogen) atoms. The van der Waals surface area contributed by atoms with Crippen LogP contribution in [0.1, 0.15) is 187 Å². The lowest BCUT2D eigenvalue weighted by Gasteiger charge is -2.28. The van der Waals surface area contributed by atoms with E-state index in [1.165, 1.54) is 83.5 Å². The number of rotatable bonds is 40. The standard InChI is InChI=1S/C48H88NO11P/c1-6-8-10-11-12-13-14-15-16-17-18-19-20-21-22-23-29-33-48(54)60-42(40-59-61(55,56)58-37-36-49(3,4)5)39-57-47(53)32-28-25-24-27-31-43-44(46(52)38-45(43)51)35-34-41(50)30-26-9-7-2/h24,27,34-35,41-45,50-51H,6-23,25-26,28-33,36-40H2,1-5H3/b27-24-,35-34+/t41-,42+,43+,44+,45-/m0/s1. The highest BCUT2D eigenvalue weighted by Gasteiger charge is 2.39. The number of unbranched alkanes of at least 4 members (excludes halogenated alkanes) is 19. The van der Waals surface area contributed by atoms with Crippen molar-refractivity contribution in [3.05, 3.63) is 24.3 Å². The van der Waals surface area contributed by atoms with Crippen molar-refractivity contribution in [3.8, 4) is 0 Å². The van der Waals surface area contributed by atoms with Gasteiger partial charge in [0.2, 0.25) is 0 Å². The third-order valence-electron chi connectivity index (χ3n) is 11.4. The Morgan fingerprint density at radius 2 is 1.31 bits per heavy atom. The maximum Gasteiger partial charge on any atom is 0.306 e. The van der Waals surface area contributed by atoms with Crippen molar-refractivity contribution in [1.82, 2.24) is 0 Å². The number of quaternary nitrogens is 1. The van der Waals surface area contributed by atoms with Crippen LogP contribution in [0.15, 0.2) is 24.3 Å². The number of carbonyl (C=O) groups excluding carboxylic acids is 3. The number of allylic oxidation sites excluding steroid dienone is 3. The van der Waals surface area contributed by atoms with Gasteiger partial charge in [0.15, 0.2) is 6.10 Å². The molecular formula is C48H88NO11P. The van der Waals surface area contributed by atoms with Gasteiger partial charge >= 0.3 is 11.9 Å². The van der Waals surface area contributed by atoms with Gasteiger partial charge in [-0.3, -0.25) is 18.9 Å². The first kappa shape index (κ1) is 57.1. The predicted octanol–water partition coefficient (Wildman–Crippen LogP) is 9.87. The number of phosphoric acid groups is 1. The average molecular weight is 886 g/mol. The Morgan fingerprint density at radius 1 is 0.770 bits per heavy atom. The summed E-state index contributed by atoms with van der Waals surface area (Å²) in [5.41, 5.74) is 0. The van der Waals surface area contributed by atoms with Gasteiger partial charge in [-0.1, -0.05) is 160 Å². The molecule has 0 heterocycles. The normalized spacial score (nSPS) is 19.1. The van der Waals surface area contributed by atoms with Crippen molar-refractivity contribution >= 4 is 25.5 Å². The van der Waals surface area contributed by atoms with E-state index in [1.807, 2.05) is 33.3 Å². The number of ketones is 1. The maximum atomic E-state index is 12.8. The van der Waals surface area contributed by atoms with Crippen LogP contribution in [0.2, 0.25) is 0 Å². The van der Waals surface area contributed by atoms with Crippen molar-refractivity contribution in [1.29, 1.82) is 0 Å². The fourth-order valence-corrected chi connectivity index (χ4v) is 8.19. The molecule has 1 aliphatic carbocycles. The quantitative estimate of drug-likeness (QED) is 0.0198. The molecule has 1 unspecified atom stereocenters. The lowest BCUT2D eigenvalue weighted by Crippen LogP contribution is -2.37. The second kappa shape index (κ2) is 35.4. The van der Waals surface area contributed by atoms with Crippen molar-refractivity contribution in [2.75, 3.05) is 47.5 Å². The van der Waals surface area contributed by atoms with Crippen LogP contribution in [-0.2, 0) is 37.5 Å². The van der Waals surface area contributed by atoms with Crippen molar-refractivity contribution in [2.45, 2.75) is 206 Å². The smallest absolute Gasteiger partial charge is 0.306 e. The zero-order valence-electron chi connectivity index (χ0n) is 39.1. The van der Waals surface area contributed by atoms with Gasteiger partial charge in [0.1, 0.15) is 25.5 Å². The first-order valence-corrected chi connectivity index (χ1v) is 25.6. The van der Waals surface area contributed by atoms with E-state index in [1.54, 1.807) is 12.2 Å². The molecule has 1 saturated carbocycles. The highest BCUT2D eigenvalue weighted by Crippen LogP contribution is 2.38. The van der Waals surface area contributed by atoms with E-state index in [-0.39, 0.29) is 44.2 Å². The second-order valence-electron chi connectivity index (χ2n) is 18.3. The molecule has 1 fully saturated rings. The Kier molecular flexibility index (Phi) is 33.2. The van der Waals surface area contributed by atoms with E-state index < -0.39 is 50.6 Å². The number of hydrogen-bond donors (Lipinski definition) is 2. The average Bonchev–Trinajstić information content (AvgIpc) is 3.47. The summed E-state index contributed by atoms with van der Waals surface area (Å²) in [6.45, 7) is 3.84. The topological polar surface area (TPSA) is 169 Å². The van der Waals surface area contributed by atoms with E-state index >= 15 is 0 Å².